The lowest BCUT2D eigenvalue weighted by Gasteiger charge is -2.17. The summed E-state index contributed by atoms with van der Waals surface area (Å²) in [7, 11) is 0. The molecule has 0 aliphatic carbocycles. The summed E-state index contributed by atoms with van der Waals surface area (Å²) >= 11 is 2.98. The Kier molecular flexibility index (Phi) is 5.96. The second-order valence-electron chi connectivity index (χ2n) is 6.45. The van der Waals surface area contributed by atoms with Crippen molar-refractivity contribution in [2.45, 2.75) is 44.7 Å². The Morgan fingerprint density at radius 1 is 1.37 bits per heavy atom. The second kappa shape index (κ2) is 8.22. The molecular formula is C19H22N4O2S2. The number of carbonyl (C=O) groups excluding carboxylic acids is 1. The maximum Gasteiger partial charge on any atom is 0.259 e. The molecule has 2 atom stereocenters. The number of thioether (sulfide) groups is 1. The van der Waals surface area contributed by atoms with Crippen LogP contribution in [-0.4, -0.2) is 26.1 Å². The topological polar surface area (TPSA) is 87.7 Å². The van der Waals surface area contributed by atoms with E-state index < -0.39 is 0 Å². The standard InChI is InChI=1S/C19H22N4O2S2/c1-10-12(3)27-19-16(10)18(25)22-15(23-19)9-26-13(4)17(24)21-11(2)14-6-5-7-20-8-14/h5-8,11,13H,9H2,1-4H3,(H,21,24)(H,22,23,25). The number of fused-ring (bicyclic) bond motifs is 1. The fraction of sp³-hybridized carbons (Fsp3) is 0.368. The molecule has 3 aromatic rings. The molecule has 142 valence electrons. The van der Waals surface area contributed by atoms with Crippen molar-refractivity contribution in [3.05, 3.63) is 56.7 Å². The summed E-state index contributed by atoms with van der Waals surface area (Å²) in [6, 6.07) is 3.67. The number of H-pyrrole nitrogens is 1. The molecule has 6 nitrogen and oxygen atoms in total. The zero-order valence-electron chi connectivity index (χ0n) is 15.7. The van der Waals surface area contributed by atoms with E-state index in [0.29, 0.717) is 17.0 Å². The van der Waals surface area contributed by atoms with Gasteiger partial charge in [0.25, 0.3) is 5.56 Å². The molecule has 3 heterocycles. The fourth-order valence-corrected chi connectivity index (χ4v) is 4.51. The molecule has 3 aromatic heterocycles. The van der Waals surface area contributed by atoms with E-state index >= 15 is 0 Å². The van der Waals surface area contributed by atoms with Crippen molar-refractivity contribution in [1.29, 1.82) is 0 Å². The van der Waals surface area contributed by atoms with Crippen LogP contribution in [0.3, 0.4) is 0 Å². The Morgan fingerprint density at radius 2 is 2.15 bits per heavy atom. The van der Waals surface area contributed by atoms with Crippen molar-refractivity contribution in [1.82, 2.24) is 20.3 Å². The van der Waals surface area contributed by atoms with Crippen molar-refractivity contribution >= 4 is 39.2 Å². The maximum atomic E-state index is 12.4. The van der Waals surface area contributed by atoms with Crippen LogP contribution in [0.15, 0.2) is 29.3 Å². The molecule has 0 bridgehead atoms. The summed E-state index contributed by atoms with van der Waals surface area (Å²) in [5.41, 5.74) is 1.84. The Hall–Kier alpha value is -2.19. The third-order valence-electron chi connectivity index (χ3n) is 4.47. The zero-order chi connectivity index (χ0) is 19.6. The first-order valence-electron chi connectivity index (χ1n) is 8.67. The minimum atomic E-state index is -0.267. The van der Waals surface area contributed by atoms with Gasteiger partial charge in [-0.25, -0.2) is 4.98 Å². The van der Waals surface area contributed by atoms with E-state index in [4.69, 9.17) is 0 Å². The van der Waals surface area contributed by atoms with Gasteiger partial charge >= 0.3 is 0 Å². The van der Waals surface area contributed by atoms with Gasteiger partial charge in [-0.3, -0.25) is 14.6 Å². The van der Waals surface area contributed by atoms with Crippen molar-refractivity contribution in [3.8, 4) is 0 Å². The number of amides is 1. The molecule has 3 rings (SSSR count). The maximum absolute atomic E-state index is 12.4. The number of hydrogen-bond acceptors (Lipinski definition) is 6. The molecule has 2 unspecified atom stereocenters. The number of rotatable bonds is 6. The number of aryl methyl sites for hydroxylation is 2. The number of aromatic nitrogens is 3. The van der Waals surface area contributed by atoms with Gasteiger partial charge in [-0.1, -0.05) is 6.07 Å². The number of nitrogens with one attached hydrogen (secondary N) is 2. The predicted molar refractivity (Wildman–Crippen MR) is 111 cm³/mol. The number of carbonyl (C=O) groups is 1. The molecule has 0 spiro atoms. The SMILES string of the molecule is Cc1sc2nc(CSC(C)C(=O)NC(C)c3cccnc3)[nH]c(=O)c2c1C. The largest absolute Gasteiger partial charge is 0.349 e. The highest BCUT2D eigenvalue weighted by molar-refractivity contribution is 7.99. The van der Waals surface area contributed by atoms with Crippen LogP contribution in [0.1, 0.15) is 41.7 Å². The van der Waals surface area contributed by atoms with Crippen LogP contribution in [0.2, 0.25) is 0 Å². The van der Waals surface area contributed by atoms with E-state index in [9.17, 15) is 9.59 Å². The van der Waals surface area contributed by atoms with Crippen LogP contribution in [-0.2, 0) is 10.5 Å². The average Bonchev–Trinajstić information content (AvgIpc) is 2.94. The summed E-state index contributed by atoms with van der Waals surface area (Å²) in [4.78, 5) is 38.1. The minimum absolute atomic E-state index is 0.0532. The number of aromatic amines is 1. The van der Waals surface area contributed by atoms with Crippen molar-refractivity contribution in [2.75, 3.05) is 0 Å². The number of pyridine rings is 1. The van der Waals surface area contributed by atoms with E-state index in [1.165, 1.54) is 23.1 Å². The van der Waals surface area contributed by atoms with E-state index in [1.807, 2.05) is 39.8 Å². The first kappa shape index (κ1) is 19.6. The molecule has 0 saturated heterocycles. The molecule has 8 heteroatoms. The molecule has 0 fully saturated rings. The molecule has 2 N–H and O–H groups in total. The smallest absolute Gasteiger partial charge is 0.259 e. The summed E-state index contributed by atoms with van der Waals surface area (Å²) in [5.74, 6) is 1.01. The van der Waals surface area contributed by atoms with Gasteiger partial charge in [-0.15, -0.1) is 23.1 Å². The van der Waals surface area contributed by atoms with Crippen LogP contribution in [0.25, 0.3) is 10.2 Å². The number of nitrogens with zero attached hydrogens (tertiary/aromatic N) is 2. The Morgan fingerprint density at radius 3 is 2.85 bits per heavy atom. The monoisotopic (exact) mass is 402 g/mol. The van der Waals surface area contributed by atoms with Crippen molar-refractivity contribution in [2.24, 2.45) is 0 Å². The molecule has 27 heavy (non-hydrogen) atoms. The van der Waals surface area contributed by atoms with Gasteiger partial charge in [0.1, 0.15) is 10.7 Å². The Balaban J connectivity index is 1.63. The molecule has 0 aliphatic rings. The van der Waals surface area contributed by atoms with E-state index in [-0.39, 0.29) is 22.8 Å². The molecule has 0 aliphatic heterocycles. The van der Waals surface area contributed by atoms with E-state index in [2.05, 4.69) is 20.3 Å². The molecular weight excluding hydrogens is 380 g/mol. The summed E-state index contributed by atoms with van der Waals surface area (Å²) in [6.45, 7) is 7.72. The van der Waals surface area contributed by atoms with Gasteiger partial charge in [0, 0.05) is 17.3 Å². The van der Waals surface area contributed by atoms with Crippen LogP contribution < -0.4 is 10.9 Å². The van der Waals surface area contributed by atoms with Crippen molar-refractivity contribution < 1.29 is 4.79 Å². The van der Waals surface area contributed by atoms with E-state index in [1.54, 1.807) is 12.4 Å². The molecule has 0 saturated carbocycles. The van der Waals surface area contributed by atoms with Crippen molar-refractivity contribution in [3.63, 3.8) is 0 Å². The van der Waals surface area contributed by atoms with Crippen LogP contribution in [0.4, 0.5) is 0 Å². The number of thiophene rings is 1. The average molecular weight is 403 g/mol. The quantitative estimate of drug-likeness (QED) is 0.659. The van der Waals surface area contributed by atoms with Crippen LogP contribution in [0.5, 0.6) is 0 Å². The first-order valence-corrected chi connectivity index (χ1v) is 10.5. The second-order valence-corrected chi connectivity index (χ2v) is 8.98. The highest BCUT2D eigenvalue weighted by atomic mass is 32.2. The van der Waals surface area contributed by atoms with Gasteiger partial charge in [0.2, 0.25) is 5.91 Å². The predicted octanol–water partition coefficient (Wildman–Crippen LogP) is 3.50. The van der Waals surface area contributed by atoms with Gasteiger partial charge in [-0.05, 0) is 44.9 Å². The normalized spacial score (nSPS) is 13.5. The Labute approximate surface area is 165 Å². The highest BCUT2D eigenvalue weighted by Crippen LogP contribution is 2.26. The van der Waals surface area contributed by atoms with Gasteiger partial charge in [0.15, 0.2) is 0 Å². The molecule has 0 radical (unpaired) electrons. The Bertz CT molecular complexity index is 1010. The highest BCUT2D eigenvalue weighted by Gasteiger charge is 2.18. The fourth-order valence-electron chi connectivity index (χ4n) is 2.69. The lowest BCUT2D eigenvalue weighted by molar-refractivity contribution is -0.120. The number of hydrogen-bond donors (Lipinski definition) is 2. The van der Waals surface area contributed by atoms with Gasteiger partial charge < -0.3 is 10.3 Å². The zero-order valence-corrected chi connectivity index (χ0v) is 17.3. The third-order valence-corrected chi connectivity index (χ3v) is 6.73. The minimum Gasteiger partial charge on any atom is -0.349 e. The lowest BCUT2D eigenvalue weighted by Crippen LogP contribution is -2.33. The first-order chi connectivity index (χ1) is 12.9. The molecule has 1 amide bonds. The summed E-state index contributed by atoms with van der Waals surface area (Å²) < 4.78 is 0. The van der Waals surface area contributed by atoms with Crippen LogP contribution >= 0.6 is 23.1 Å². The van der Waals surface area contributed by atoms with E-state index in [0.717, 1.165) is 20.8 Å². The van der Waals surface area contributed by atoms with Crippen LogP contribution in [0, 0.1) is 13.8 Å². The van der Waals surface area contributed by atoms with Gasteiger partial charge in [-0.2, -0.15) is 0 Å². The molecule has 0 aromatic carbocycles. The lowest BCUT2D eigenvalue weighted by atomic mass is 10.1. The summed E-state index contributed by atoms with van der Waals surface area (Å²) in [6.07, 6.45) is 3.45. The van der Waals surface area contributed by atoms with Gasteiger partial charge in [0.05, 0.1) is 22.4 Å². The third kappa shape index (κ3) is 4.39. The summed E-state index contributed by atoms with van der Waals surface area (Å²) in [5, 5.41) is 3.40.